The molecular weight excluding hydrogens is 328 g/mol. The Balaban J connectivity index is 1.44. The quantitative estimate of drug-likeness (QED) is 0.725. The first-order valence-corrected chi connectivity index (χ1v) is 9.10. The molecule has 0 aliphatic carbocycles. The fraction of sp³-hybridized carbons (Fsp3) is 0.400. The first kappa shape index (κ1) is 16.7. The average molecular weight is 352 g/mol. The zero-order valence-electron chi connectivity index (χ0n) is 15.3. The fourth-order valence-corrected chi connectivity index (χ4v) is 3.68. The lowest BCUT2D eigenvalue weighted by Crippen LogP contribution is -2.41. The Hall–Kier alpha value is -2.76. The molecule has 0 N–H and O–H groups in total. The van der Waals surface area contributed by atoms with Gasteiger partial charge in [-0.15, -0.1) is 0 Å². The van der Waals surface area contributed by atoms with Crippen LogP contribution in [0.4, 0.5) is 0 Å². The van der Waals surface area contributed by atoms with Crippen molar-refractivity contribution in [3.05, 3.63) is 54.0 Å². The van der Waals surface area contributed by atoms with Crippen LogP contribution in [-0.4, -0.2) is 44.7 Å². The summed E-state index contributed by atoms with van der Waals surface area (Å²) in [5.74, 6) is 1.34. The Morgan fingerprint density at radius 1 is 1.31 bits per heavy atom. The van der Waals surface area contributed by atoms with Crippen LogP contribution in [0, 0.1) is 12.8 Å². The number of aryl methyl sites for hydroxylation is 2. The number of aromatic nitrogens is 3. The molecule has 3 aromatic rings. The van der Waals surface area contributed by atoms with Crippen LogP contribution in [0.25, 0.3) is 5.65 Å². The van der Waals surface area contributed by atoms with E-state index in [0.717, 1.165) is 42.9 Å². The predicted molar refractivity (Wildman–Crippen MR) is 99.5 cm³/mol. The number of rotatable bonds is 4. The summed E-state index contributed by atoms with van der Waals surface area (Å²) < 4.78 is 9.69. The molecule has 2 aromatic heterocycles. The maximum Gasteiger partial charge on any atom is 0.259 e. The molecule has 26 heavy (non-hydrogen) atoms. The molecule has 4 rings (SSSR count). The minimum Gasteiger partial charge on any atom is -0.493 e. The van der Waals surface area contributed by atoms with Gasteiger partial charge in [-0.05, 0) is 31.4 Å². The van der Waals surface area contributed by atoms with E-state index < -0.39 is 0 Å². The fourth-order valence-electron chi connectivity index (χ4n) is 3.68. The highest BCUT2D eigenvalue weighted by Crippen LogP contribution is 2.23. The highest BCUT2D eigenvalue weighted by atomic mass is 16.5. The summed E-state index contributed by atoms with van der Waals surface area (Å²) in [7, 11) is 1.93. The second kappa shape index (κ2) is 6.86. The molecular formula is C20H24N4O2. The number of nitrogens with zero attached hydrogens (tertiary/aromatic N) is 4. The predicted octanol–water partition coefficient (Wildman–Crippen LogP) is 2.91. The zero-order chi connectivity index (χ0) is 18.1. The van der Waals surface area contributed by atoms with Gasteiger partial charge < -0.3 is 14.2 Å². The summed E-state index contributed by atoms with van der Waals surface area (Å²) in [6, 6.07) is 8.06. The number of piperidine rings is 1. The van der Waals surface area contributed by atoms with Gasteiger partial charge in [0.25, 0.3) is 5.91 Å². The molecule has 1 saturated heterocycles. The lowest BCUT2D eigenvalue weighted by molar-refractivity contribution is 0.0634. The average Bonchev–Trinajstić information content (AvgIpc) is 3.24. The van der Waals surface area contributed by atoms with E-state index in [0.29, 0.717) is 18.1 Å². The van der Waals surface area contributed by atoms with E-state index in [1.807, 2.05) is 47.1 Å². The lowest BCUT2D eigenvalue weighted by atomic mass is 9.98. The Morgan fingerprint density at radius 3 is 3.00 bits per heavy atom. The molecule has 1 aliphatic rings. The largest absolute Gasteiger partial charge is 0.493 e. The van der Waals surface area contributed by atoms with Crippen LogP contribution < -0.4 is 4.74 Å². The molecule has 136 valence electrons. The van der Waals surface area contributed by atoms with Crippen LogP contribution in [0.2, 0.25) is 0 Å². The standard InChI is InChI=1S/C20H24N4O2/c1-15-6-3-4-8-18(15)26-14-16-7-5-9-23(13-16)20(25)17-12-21-24-11-10-22(2)19(17)24/h3-4,6,8,10-12,16H,5,7,9,13-14H2,1-2H3. The van der Waals surface area contributed by atoms with Crippen molar-refractivity contribution in [1.29, 1.82) is 0 Å². The highest BCUT2D eigenvalue weighted by Gasteiger charge is 2.27. The highest BCUT2D eigenvalue weighted by molar-refractivity contribution is 5.99. The molecule has 0 spiro atoms. The number of likely N-dealkylation sites (tertiary alicyclic amines) is 1. The number of hydrogen-bond donors (Lipinski definition) is 0. The zero-order valence-corrected chi connectivity index (χ0v) is 15.3. The number of imidazole rings is 1. The van der Waals surface area contributed by atoms with Crippen LogP contribution in [0.3, 0.4) is 0 Å². The van der Waals surface area contributed by atoms with E-state index in [9.17, 15) is 4.79 Å². The molecule has 1 aliphatic heterocycles. The smallest absolute Gasteiger partial charge is 0.259 e. The van der Waals surface area contributed by atoms with Crippen molar-refractivity contribution in [1.82, 2.24) is 19.1 Å². The van der Waals surface area contributed by atoms with Gasteiger partial charge in [0, 0.05) is 38.4 Å². The molecule has 1 atom stereocenters. The Bertz CT molecular complexity index is 927. The van der Waals surface area contributed by atoms with Gasteiger partial charge in [-0.3, -0.25) is 4.79 Å². The normalized spacial score (nSPS) is 17.6. The number of para-hydroxylation sites is 1. The number of carbonyl (C=O) groups is 1. The molecule has 1 unspecified atom stereocenters. The summed E-state index contributed by atoms with van der Waals surface area (Å²) >= 11 is 0. The first-order valence-electron chi connectivity index (χ1n) is 9.10. The van der Waals surface area contributed by atoms with E-state index in [1.165, 1.54) is 0 Å². The van der Waals surface area contributed by atoms with Crippen LogP contribution >= 0.6 is 0 Å². The van der Waals surface area contributed by atoms with Gasteiger partial charge in [0.1, 0.15) is 17.0 Å². The van der Waals surface area contributed by atoms with Crippen LogP contribution in [0.15, 0.2) is 42.9 Å². The van der Waals surface area contributed by atoms with Gasteiger partial charge in [-0.2, -0.15) is 5.10 Å². The second-order valence-electron chi connectivity index (χ2n) is 7.07. The maximum absolute atomic E-state index is 13.0. The van der Waals surface area contributed by atoms with Gasteiger partial charge in [0.05, 0.1) is 12.8 Å². The van der Waals surface area contributed by atoms with Crippen molar-refractivity contribution in [2.45, 2.75) is 19.8 Å². The Labute approximate surface area is 153 Å². The minimum absolute atomic E-state index is 0.0578. The summed E-state index contributed by atoms with van der Waals surface area (Å²) in [5, 5.41) is 4.28. The van der Waals surface area contributed by atoms with E-state index in [4.69, 9.17) is 4.74 Å². The SMILES string of the molecule is Cc1ccccc1OCC1CCCN(C(=O)c2cnn3ccn(C)c23)C1. The van der Waals surface area contributed by atoms with Crippen LogP contribution in [0.5, 0.6) is 5.75 Å². The van der Waals surface area contributed by atoms with Gasteiger partial charge in [-0.25, -0.2) is 4.52 Å². The molecule has 1 amide bonds. The number of benzene rings is 1. The van der Waals surface area contributed by atoms with Gasteiger partial charge in [-0.1, -0.05) is 18.2 Å². The summed E-state index contributed by atoms with van der Waals surface area (Å²) in [4.78, 5) is 15.0. The van der Waals surface area contributed by atoms with Crippen molar-refractivity contribution < 1.29 is 9.53 Å². The van der Waals surface area contributed by atoms with Crippen molar-refractivity contribution in [2.75, 3.05) is 19.7 Å². The maximum atomic E-state index is 13.0. The van der Waals surface area contributed by atoms with Crippen LogP contribution in [-0.2, 0) is 7.05 Å². The Kier molecular flexibility index (Phi) is 4.41. The molecule has 6 heteroatoms. The molecule has 3 heterocycles. The lowest BCUT2D eigenvalue weighted by Gasteiger charge is -2.32. The van der Waals surface area contributed by atoms with Crippen molar-refractivity contribution >= 4 is 11.6 Å². The monoisotopic (exact) mass is 352 g/mol. The van der Waals surface area contributed by atoms with Crippen molar-refractivity contribution in [3.63, 3.8) is 0 Å². The van der Waals surface area contributed by atoms with Gasteiger partial charge in [0.15, 0.2) is 0 Å². The van der Waals surface area contributed by atoms with Crippen molar-refractivity contribution in [3.8, 4) is 5.75 Å². The third-order valence-electron chi connectivity index (χ3n) is 5.14. The van der Waals surface area contributed by atoms with E-state index in [1.54, 1.807) is 10.7 Å². The third kappa shape index (κ3) is 3.07. The number of amides is 1. The van der Waals surface area contributed by atoms with Gasteiger partial charge in [0.2, 0.25) is 0 Å². The number of fused-ring (bicyclic) bond motifs is 1. The molecule has 1 aromatic carbocycles. The van der Waals surface area contributed by atoms with Gasteiger partial charge >= 0.3 is 0 Å². The number of ether oxygens (including phenoxy) is 1. The topological polar surface area (TPSA) is 51.8 Å². The molecule has 0 saturated carbocycles. The molecule has 0 radical (unpaired) electrons. The number of carbonyl (C=O) groups excluding carboxylic acids is 1. The molecule has 1 fully saturated rings. The molecule has 6 nitrogen and oxygen atoms in total. The van der Waals surface area contributed by atoms with Crippen LogP contribution in [0.1, 0.15) is 28.8 Å². The third-order valence-corrected chi connectivity index (χ3v) is 5.14. The minimum atomic E-state index is 0.0578. The number of hydrogen-bond acceptors (Lipinski definition) is 3. The van der Waals surface area contributed by atoms with E-state index in [-0.39, 0.29) is 5.91 Å². The second-order valence-corrected chi connectivity index (χ2v) is 7.07. The van der Waals surface area contributed by atoms with Crippen molar-refractivity contribution in [2.24, 2.45) is 13.0 Å². The summed E-state index contributed by atoms with van der Waals surface area (Å²) in [6.45, 7) is 4.22. The molecule has 0 bridgehead atoms. The summed E-state index contributed by atoms with van der Waals surface area (Å²) in [6.07, 6.45) is 7.54. The van der Waals surface area contributed by atoms with E-state index in [2.05, 4.69) is 18.1 Å². The first-order chi connectivity index (χ1) is 12.6. The Morgan fingerprint density at radius 2 is 2.15 bits per heavy atom. The summed E-state index contributed by atoms with van der Waals surface area (Å²) in [5.41, 5.74) is 2.65. The van der Waals surface area contributed by atoms with E-state index >= 15 is 0 Å².